The fourth-order valence-electron chi connectivity index (χ4n) is 2.14. The highest BCUT2D eigenvalue weighted by molar-refractivity contribution is 6.31. The number of rotatable bonds is 5. The Morgan fingerprint density at radius 2 is 1.52 bits per heavy atom. The van der Waals surface area contributed by atoms with Crippen LogP contribution in [0.3, 0.4) is 0 Å². The fraction of sp³-hybridized carbons (Fsp3) is 0.250. The summed E-state index contributed by atoms with van der Waals surface area (Å²) in [6.07, 6.45) is -0.882. The van der Waals surface area contributed by atoms with Gasteiger partial charge in [-0.1, -0.05) is 29.8 Å². The molecule has 1 N–H and O–H groups in total. The molecule has 0 aliphatic heterocycles. The van der Waals surface area contributed by atoms with E-state index in [-0.39, 0.29) is 0 Å². The van der Waals surface area contributed by atoms with E-state index in [1.807, 2.05) is 12.1 Å². The molecule has 21 heavy (non-hydrogen) atoms. The molecule has 2 rings (SSSR count). The molecule has 0 saturated heterocycles. The summed E-state index contributed by atoms with van der Waals surface area (Å²) in [4.78, 5) is 0. The zero-order chi connectivity index (χ0) is 15.4. The summed E-state index contributed by atoms with van der Waals surface area (Å²) in [5, 5.41) is 11.0. The number of aliphatic hydroxyl groups is 1. The summed E-state index contributed by atoms with van der Waals surface area (Å²) in [6.45, 7) is 0. The third-order valence-electron chi connectivity index (χ3n) is 3.20. The molecular weight excluding hydrogens is 292 g/mol. The van der Waals surface area contributed by atoms with Crippen LogP contribution in [0.2, 0.25) is 5.02 Å². The Kier molecular flexibility index (Phi) is 4.94. The van der Waals surface area contributed by atoms with Gasteiger partial charge in [0, 0.05) is 10.6 Å². The molecule has 112 valence electrons. The van der Waals surface area contributed by atoms with Crippen LogP contribution in [0, 0.1) is 0 Å². The Morgan fingerprint density at radius 3 is 2.00 bits per heavy atom. The quantitative estimate of drug-likeness (QED) is 0.919. The van der Waals surface area contributed by atoms with E-state index in [0.717, 1.165) is 0 Å². The van der Waals surface area contributed by atoms with E-state index in [1.165, 1.54) is 21.3 Å². The molecule has 0 aliphatic carbocycles. The molecule has 0 radical (unpaired) electrons. The summed E-state index contributed by atoms with van der Waals surface area (Å²) >= 11 is 6.13. The minimum absolute atomic E-state index is 0.482. The highest BCUT2D eigenvalue weighted by Gasteiger charge is 2.19. The Balaban J connectivity index is 2.51. The number of aliphatic hydroxyl groups excluding tert-OH is 1. The summed E-state index contributed by atoms with van der Waals surface area (Å²) < 4.78 is 15.8. The third-order valence-corrected chi connectivity index (χ3v) is 3.55. The van der Waals surface area contributed by atoms with Gasteiger partial charge in [0.15, 0.2) is 11.5 Å². The largest absolute Gasteiger partial charge is 0.493 e. The van der Waals surface area contributed by atoms with Gasteiger partial charge in [0.05, 0.1) is 21.3 Å². The van der Waals surface area contributed by atoms with E-state index in [1.54, 1.807) is 24.3 Å². The average Bonchev–Trinajstić information content (AvgIpc) is 2.53. The molecule has 2 aromatic carbocycles. The van der Waals surface area contributed by atoms with E-state index in [4.69, 9.17) is 25.8 Å². The predicted octanol–water partition coefficient (Wildman–Crippen LogP) is 3.45. The SMILES string of the molecule is COc1cc(C(O)c2ccccc2Cl)cc(OC)c1OC. The fourth-order valence-corrected chi connectivity index (χ4v) is 2.37. The lowest BCUT2D eigenvalue weighted by molar-refractivity contribution is 0.218. The first kappa shape index (κ1) is 15.5. The van der Waals surface area contributed by atoms with Gasteiger partial charge in [0.25, 0.3) is 0 Å². The van der Waals surface area contributed by atoms with Crippen molar-refractivity contribution in [1.82, 2.24) is 0 Å². The van der Waals surface area contributed by atoms with Crippen molar-refractivity contribution in [2.45, 2.75) is 6.10 Å². The average molecular weight is 309 g/mol. The Labute approximate surface area is 128 Å². The van der Waals surface area contributed by atoms with Crippen LogP contribution in [0.5, 0.6) is 17.2 Å². The van der Waals surface area contributed by atoms with Crippen LogP contribution in [-0.2, 0) is 0 Å². The number of hydrogen-bond donors (Lipinski definition) is 1. The van der Waals surface area contributed by atoms with Gasteiger partial charge in [0.1, 0.15) is 6.10 Å². The summed E-state index contributed by atoms with van der Waals surface area (Å²) in [6, 6.07) is 10.6. The Hall–Kier alpha value is -1.91. The van der Waals surface area contributed by atoms with Crippen LogP contribution in [0.25, 0.3) is 0 Å². The maximum absolute atomic E-state index is 10.5. The Bertz CT molecular complexity index is 602. The lowest BCUT2D eigenvalue weighted by Gasteiger charge is -2.18. The van der Waals surface area contributed by atoms with Crippen LogP contribution in [-0.4, -0.2) is 26.4 Å². The molecule has 0 heterocycles. The molecular formula is C16H17ClO4. The van der Waals surface area contributed by atoms with E-state index in [0.29, 0.717) is 33.4 Å². The minimum atomic E-state index is -0.882. The molecule has 2 aromatic rings. The van der Waals surface area contributed by atoms with Crippen LogP contribution >= 0.6 is 11.6 Å². The third kappa shape index (κ3) is 3.06. The summed E-state index contributed by atoms with van der Waals surface area (Å²) in [7, 11) is 4.59. The zero-order valence-corrected chi connectivity index (χ0v) is 12.8. The van der Waals surface area contributed by atoms with Crippen molar-refractivity contribution in [1.29, 1.82) is 0 Å². The normalized spacial score (nSPS) is 11.9. The number of hydrogen-bond acceptors (Lipinski definition) is 4. The van der Waals surface area contributed by atoms with E-state index < -0.39 is 6.10 Å². The maximum Gasteiger partial charge on any atom is 0.203 e. The molecule has 4 nitrogen and oxygen atoms in total. The molecule has 0 aliphatic rings. The van der Waals surface area contributed by atoms with Crippen LogP contribution < -0.4 is 14.2 Å². The van der Waals surface area contributed by atoms with Crippen molar-refractivity contribution in [3.05, 3.63) is 52.5 Å². The van der Waals surface area contributed by atoms with Gasteiger partial charge in [-0.3, -0.25) is 0 Å². The molecule has 0 saturated carbocycles. The smallest absolute Gasteiger partial charge is 0.203 e. The van der Waals surface area contributed by atoms with Crippen LogP contribution in [0.1, 0.15) is 17.2 Å². The molecule has 0 spiro atoms. The van der Waals surface area contributed by atoms with Gasteiger partial charge in [-0.15, -0.1) is 0 Å². The molecule has 0 bridgehead atoms. The lowest BCUT2D eigenvalue weighted by atomic mass is 10.0. The topological polar surface area (TPSA) is 47.9 Å². The van der Waals surface area contributed by atoms with Crippen molar-refractivity contribution < 1.29 is 19.3 Å². The van der Waals surface area contributed by atoms with Crippen molar-refractivity contribution in [2.75, 3.05) is 21.3 Å². The predicted molar refractivity (Wildman–Crippen MR) is 81.6 cm³/mol. The first-order valence-corrected chi connectivity index (χ1v) is 6.72. The number of ether oxygens (including phenoxy) is 3. The maximum atomic E-state index is 10.5. The Morgan fingerprint density at radius 1 is 0.952 bits per heavy atom. The second kappa shape index (κ2) is 6.70. The zero-order valence-electron chi connectivity index (χ0n) is 12.1. The summed E-state index contributed by atoms with van der Waals surface area (Å²) in [5.74, 6) is 1.45. The van der Waals surface area contributed by atoms with Crippen molar-refractivity contribution in [3.8, 4) is 17.2 Å². The highest BCUT2D eigenvalue weighted by atomic mass is 35.5. The monoisotopic (exact) mass is 308 g/mol. The van der Waals surface area contributed by atoms with Gasteiger partial charge >= 0.3 is 0 Å². The number of halogens is 1. The summed E-state index contributed by atoms with van der Waals surface area (Å²) in [5.41, 5.74) is 1.23. The van der Waals surface area contributed by atoms with Crippen molar-refractivity contribution in [3.63, 3.8) is 0 Å². The molecule has 0 amide bonds. The molecule has 5 heteroatoms. The van der Waals surface area contributed by atoms with Gasteiger partial charge in [0.2, 0.25) is 5.75 Å². The van der Waals surface area contributed by atoms with Gasteiger partial charge in [-0.2, -0.15) is 0 Å². The first-order valence-electron chi connectivity index (χ1n) is 6.34. The van der Waals surface area contributed by atoms with Crippen LogP contribution in [0.15, 0.2) is 36.4 Å². The minimum Gasteiger partial charge on any atom is -0.493 e. The second-order valence-electron chi connectivity index (χ2n) is 4.38. The van der Waals surface area contributed by atoms with Gasteiger partial charge in [-0.25, -0.2) is 0 Å². The van der Waals surface area contributed by atoms with E-state index >= 15 is 0 Å². The van der Waals surface area contributed by atoms with E-state index in [9.17, 15) is 5.11 Å². The standard InChI is InChI=1S/C16H17ClO4/c1-19-13-8-10(9-14(20-2)16(13)21-3)15(18)11-6-4-5-7-12(11)17/h4-9,15,18H,1-3H3. The van der Waals surface area contributed by atoms with E-state index in [2.05, 4.69) is 0 Å². The number of methoxy groups -OCH3 is 3. The molecule has 0 fully saturated rings. The first-order chi connectivity index (χ1) is 10.1. The van der Waals surface area contributed by atoms with Crippen molar-refractivity contribution in [2.24, 2.45) is 0 Å². The van der Waals surface area contributed by atoms with Gasteiger partial charge < -0.3 is 19.3 Å². The molecule has 1 unspecified atom stereocenters. The lowest BCUT2D eigenvalue weighted by Crippen LogP contribution is -2.03. The number of benzene rings is 2. The second-order valence-corrected chi connectivity index (χ2v) is 4.79. The highest BCUT2D eigenvalue weighted by Crippen LogP contribution is 2.41. The molecule has 0 aromatic heterocycles. The van der Waals surface area contributed by atoms with Gasteiger partial charge in [-0.05, 0) is 23.8 Å². The van der Waals surface area contributed by atoms with Crippen LogP contribution in [0.4, 0.5) is 0 Å². The molecule has 1 atom stereocenters. The van der Waals surface area contributed by atoms with Crippen molar-refractivity contribution >= 4 is 11.6 Å².